The van der Waals surface area contributed by atoms with Crippen molar-refractivity contribution in [1.29, 1.82) is 0 Å². The molecule has 4 heteroatoms. The van der Waals surface area contributed by atoms with E-state index >= 15 is 0 Å². The highest BCUT2D eigenvalue weighted by molar-refractivity contribution is 5.88. The van der Waals surface area contributed by atoms with Crippen molar-refractivity contribution in [3.8, 4) is 0 Å². The molecule has 19 heavy (non-hydrogen) atoms. The van der Waals surface area contributed by atoms with Gasteiger partial charge >= 0.3 is 5.97 Å². The number of hydrogen-bond donors (Lipinski definition) is 1. The first-order valence-corrected chi connectivity index (χ1v) is 7.07. The van der Waals surface area contributed by atoms with Crippen LogP contribution >= 0.6 is 0 Å². The van der Waals surface area contributed by atoms with Crippen LogP contribution < -0.4 is 5.32 Å². The van der Waals surface area contributed by atoms with Crippen molar-refractivity contribution in [2.24, 2.45) is 5.92 Å². The molecule has 1 aromatic heterocycles. The Hall–Kier alpha value is -1.29. The topological polar surface area (TPSA) is 51.5 Å². The van der Waals surface area contributed by atoms with Gasteiger partial charge in [-0.05, 0) is 24.9 Å². The van der Waals surface area contributed by atoms with E-state index in [1.165, 1.54) is 39.1 Å². The van der Waals surface area contributed by atoms with Crippen LogP contribution in [0.1, 0.15) is 55.6 Å². The van der Waals surface area contributed by atoms with Crippen molar-refractivity contribution in [2.75, 3.05) is 13.7 Å². The molecule has 0 saturated heterocycles. The fourth-order valence-electron chi connectivity index (χ4n) is 2.04. The molecule has 0 fully saturated rings. The lowest BCUT2D eigenvalue weighted by Gasteiger charge is -2.14. The highest BCUT2D eigenvalue weighted by Gasteiger charge is 2.10. The minimum absolute atomic E-state index is 0.357. The van der Waals surface area contributed by atoms with Crippen LogP contribution in [-0.4, -0.2) is 19.6 Å². The molecule has 0 aliphatic heterocycles. The Morgan fingerprint density at radius 1 is 1.47 bits per heavy atom. The van der Waals surface area contributed by atoms with E-state index in [0.29, 0.717) is 12.1 Å². The van der Waals surface area contributed by atoms with Crippen LogP contribution in [0.2, 0.25) is 0 Å². The second kappa shape index (κ2) is 8.75. The molecule has 1 rings (SSSR count). The number of unbranched alkanes of at least 4 members (excludes halogenated alkanes) is 1. The molecule has 4 nitrogen and oxygen atoms in total. The summed E-state index contributed by atoms with van der Waals surface area (Å²) in [6.45, 7) is 6.09. The molecule has 1 N–H and O–H groups in total. The third-order valence-electron chi connectivity index (χ3n) is 3.35. The van der Waals surface area contributed by atoms with Gasteiger partial charge in [-0.2, -0.15) is 0 Å². The van der Waals surface area contributed by atoms with Crippen LogP contribution in [0.25, 0.3) is 0 Å². The van der Waals surface area contributed by atoms with Gasteiger partial charge in [0, 0.05) is 0 Å². The fourth-order valence-corrected chi connectivity index (χ4v) is 2.04. The molecular formula is C15H25NO3. The second-order valence-corrected chi connectivity index (χ2v) is 4.84. The van der Waals surface area contributed by atoms with Gasteiger partial charge in [0.05, 0.1) is 19.2 Å². The first kappa shape index (κ1) is 15.8. The number of carbonyl (C=O) groups excluding carboxylic acids is 1. The van der Waals surface area contributed by atoms with E-state index in [1.54, 1.807) is 6.07 Å². The van der Waals surface area contributed by atoms with Gasteiger partial charge in [0.15, 0.2) is 0 Å². The SMILES string of the molecule is CCCCC(CC)CNCc1cc(C(=O)OC)co1. The molecule has 0 aliphatic rings. The Bertz CT molecular complexity index is 373. The molecule has 0 spiro atoms. The molecule has 1 heterocycles. The number of carbonyl (C=O) groups is 1. The predicted molar refractivity (Wildman–Crippen MR) is 75.1 cm³/mol. The highest BCUT2D eigenvalue weighted by atomic mass is 16.5. The first-order valence-electron chi connectivity index (χ1n) is 7.07. The predicted octanol–water partition coefficient (Wildman–Crippen LogP) is 3.37. The Morgan fingerprint density at radius 3 is 2.89 bits per heavy atom. The number of rotatable bonds is 9. The van der Waals surface area contributed by atoms with Crippen LogP contribution in [0.4, 0.5) is 0 Å². The minimum Gasteiger partial charge on any atom is -0.467 e. The molecule has 0 amide bonds. The van der Waals surface area contributed by atoms with Gasteiger partial charge in [-0.25, -0.2) is 4.79 Å². The van der Waals surface area contributed by atoms with E-state index in [0.717, 1.165) is 18.2 Å². The molecular weight excluding hydrogens is 242 g/mol. The number of hydrogen-bond acceptors (Lipinski definition) is 4. The molecule has 1 atom stereocenters. The molecule has 0 aliphatic carbocycles. The zero-order chi connectivity index (χ0) is 14.1. The van der Waals surface area contributed by atoms with E-state index in [4.69, 9.17) is 4.42 Å². The van der Waals surface area contributed by atoms with Crippen LogP contribution in [0.5, 0.6) is 0 Å². The lowest BCUT2D eigenvalue weighted by atomic mass is 9.99. The van der Waals surface area contributed by atoms with Crippen LogP contribution in [0.15, 0.2) is 16.7 Å². The van der Waals surface area contributed by atoms with Crippen LogP contribution in [0.3, 0.4) is 0 Å². The van der Waals surface area contributed by atoms with Crippen molar-refractivity contribution in [3.05, 3.63) is 23.7 Å². The van der Waals surface area contributed by atoms with Gasteiger partial charge in [-0.1, -0.05) is 33.1 Å². The van der Waals surface area contributed by atoms with Crippen LogP contribution in [-0.2, 0) is 11.3 Å². The van der Waals surface area contributed by atoms with E-state index in [9.17, 15) is 4.79 Å². The number of nitrogens with one attached hydrogen (secondary N) is 1. The third-order valence-corrected chi connectivity index (χ3v) is 3.35. The average molecular weight is 267 g/mol. The molecule has 0 aromatic carbocycles. The van der Waals surface area contributed by atoms with E-state index in [1.807, 2.05) is 0 Å². The lowest BCUT2D eigenvalue weighted by Crippen LogP contribution is -2.22. The maximum atomic E-state index is 11.3. The van der Waals surface area contributed by atoms with Gasteiger partial charge in [0.1, 0.15) is 12.0 Å². The average Bonchev–Trinajstić information content (AvgIpc) is 2.90. The third kappa shape index (κ3) is 5.47. The first-order chi connectivity index (χ1) is 9.21. The zero-order valence-electron chi connectivity index (χ0n) is 12.2. The number of esters is 1. The van der Waals surface area contributed by atoms with Crippen LogP contribution in [0, 0.1) is 5.92 Å². The molecule has 108 valence electrons. The standard InChI is InChI=1S/C15H25NO3/c1-4-6-7-12(5-2)9-16-10-14-8-13(11-19-14)15(17)18-3/h8,11-12,16H,4-7,9-10H2,1-3H3. The molecule has 1 unspecified atom stereocenters. The monoisotopic (exact) mass is 267 g/mol. The second-order valence-electron chi connectivity index (χ2n) is 4.84. The highest BCUT2D eigenvalue weighted by Crippen LogP contribution is 2.12. The largest absolute Gasteiger partial charge is 0.467 e. The van der Waals surface area contributed by atoms with Gasteiger partial charge in [-0.15, -0.1) is 0 Å². The quantitative estimate of drug-likeness (QED) is 0.697. The van der Waals surface area contributed by atoms with Crippen molar-refractivity contribution in [1.82, 2.24) is 5.32 Å². The van der Waals surface area contributed by atoms with Crippen molar-refractivity contribution in [2.45, 2.75) is 46.1 Å². The van der Waals surface area contributed by atoms with Gasteiger partial charge in [0.25, 0.3) is 0 Å². The summed E-state index contributed by atoms with van der Waals surface area (Å²) >= 11 is 0. The Kier molecular flexibility index (Phi) is 7.26. The molecule has 0 bridgehead atoms. The number of ether oxygens (including phenoxy) is 1. The van der Waals surface area contributed by atoms with Gasteiger partial charge in [-0.3, -0.25) is 0 Å². The maximum Gasteiger partial charge on any atom is 0.341 e. The normalized spacial score (nSPS) is 12.4. The summed E-state index contributed by atoms with van der Waals surface area (Å²) < 4.78 is 9.96. The summed E-state index contributed by atoms with van der Waals surface area (Å²) in [6.07, 6.45) is 6.44. The summed E-state index contributed by atoms with van der Waals surface area (Å²) in [5.74, 6) is 1.13. The number of furan rings is 1. The summed E-state index contributed by atoms with van der Waals surface area (Å²) in [5.41, 5.74) is 0.470. The number of methoxy groups -OCH3 is 1. The van der Waals surface area contributed by atoms with E-state index < -0.39 is 0 Å². The molecule has 1 aromatic rings. The van der Waals surface area contributed by atoms with E-state index in [2.05, 4.69) is 23.9 Å². The summed E-state index contributed by atoms with van der Waals surface area (Å²) in [7, 11) is 1.37. The van der Waals surface area contributed by atoms with E-state index in [-0.39, 0.29) is 5.97 Å². The Balaban J connectivity index is 2.32. The summed E-state index contributed by atoms with van der Waals surface area (Å²) in [6, 6.07) is 1.73. The fraction of sp³-hybridized carbons (Fsp3) is 0.667. The molecule has 0 radical (unpaired) electrons. The minimum atomic E-state index is -0.357. The van der Waals surface area contributed by atoms with Crippen molar-refractivity contribution < 1.29 is 13.9 Å². The Morgan fingerprint density at radius 2 is 2.26 bits per heavy atom. The van der Waals surface area contributed by atoms with Crippen molar-refractivity contribution >= 4 is 5.97 Å². The smallest absolute Gasteiger partial charge is 0.341 e. The van der Waals surface area contributed by atoms with Gasteiger partial charge < -0.3 is 14.5 Å². The van der Waals surface area contributed by atoms with Crippen molar-refractivity contribution in [3.63, 3.8) is 0 Å². The maximum absolute atomic E-state index is 11.3. The summed E-state index contributed by atoms with van der Waals surface area (Å²) in [4.78, 5) is 11.3. The zero-order valence-corrected chi connectivity index (χ0v) is 12.2. The molecule has 0 saturated carbocycles. The van der Waals surface area contributed by atoms with Gasteiger partial charge in [0.2, 0.25) is 0 Å². The Labute approximate surface area is 115 Å². The summed E-state index contributed by atoms with van der Waals surface area (Å²) in [5, 5.41) is 3.39. The lowest BCUT2D eigenvalue weighted by molar-refractivity contribution is 0.0600.